The Morgan fingerprint density at radius 1 is 1.25 bits per heavy atom. The monoisotopic (exact) mass is 165 g/mol. The molecule has 0 aliphatic rings. The summed E-state index contributed by atoms with van der Waals surface area (Å²) in [5, 5.41) is 0. The van der Waals surface area contributed by atoms with Crippen LogP contribution in [0.15, 0.2) is 0 Å². The summed E-state index contributed by atoms with van der Waals surface area (Å²) in [6.45, 7) is 0. The molecule has 3 heteroatoms. The van der Waals surface area contributed by atoms with Gasteiger partial charge in [-0.3, -0.25) is 0 Å². The molecule has 0 unspecified atom stereocenters. The Bertz CT molecular complexity index is 13.5. The minimum Gasteiger partial charge on any atom is -1.00 e. The van der Waals surface area contributed by atoms with Crippen LogP contribution in [0.3, 0.4) is 0 Å². The predicted molar refractivity (Wildman–Crippen MR) is 14.7 cm³/mol. The van der Waals surface area contributed by atoms with E-state index in [9.17, 15) is 0 Å². The Morgan fingerprint density at radius 3 is 1.25 bits per heavy atom. The summed E-state index contributed by atoms with van der Waals surface area (Å²) in [4.78, 5) is 0. The minimum atomic E-state index is 0. The van der Waals surface area contributed by atoms with E-state index in [1.807, 2.05) is 0 Å². The minimum absolute atomic E-state index is 0. The van der Waals surface area contributed by atoms with Crippen molar-refractivity contribution in [2.24, 2.45) is 0 Å². The van der Waals surface area contributed by atoms with Gasteiger partial charge in [0.15, 0.2) is 0 Å². The molecule has 0 saturated carbocycles. The largest absolute Gasteiger partial charge is 1.00 e. The van der Waals surface area contributed by atoms with Crippen molar-refractivity contribution in [3.63, 3.8) is 0 Å². The molecule has 0 aromatic rings. The summed E-state index contributed by atoms with van der Waals surface area (Å²) in [5.74, 6) is 0. The van der Waals surface area contributed by atoms with Crippen molar-refractivity contribution >= 4 is 58.2 Å². The van der Waals surface area contributed by atoms with Gasteiger partial charge in [-0.15, -0.1) is 0 Å². The van der Waals surface area contributed by atoms with Gasteiger partial charge in [-0.1, -0.05) is 7.43 Å². The summed E-state index contributed by atoms with van der Waals surface area (Å²) in [6.07, 6.45) is 0. The molecule has 0 aromatic carbocycles. The molecule has 0 rings (SSSR count). The SMILES string of the molecule is C.[H-].[H-].[K+].[Na+].[Rb]. The van der Waals surface area contributed by atoms with E-state index in [1.54, 1.807) is 0 Å². The third kappa shape index (κ3) is 9.67. The van der Waals surface area contributed by atoms with Gasteiger partial charge in [0.25, 0.3) is 0 Å². The summed E-state index contributed by atoms with van der Waals surface area (Å²) < 4.78 is 0. The molecular formula is CH6KNaRb. The molecule has 13 valence electrons. The van der Waals surface area contributed by atoms with E-state index in [0.29, 0.717) is 0 Å². The molecule has 0 aromatic heterocycles. The van der Waals surface area contributed by atoms with Crippen molar-refractivity contribution in [3.05, 3.63) is 0 Å². The second-order valence-electron chi connectivity index (χ2n) is 0. The number of hydrogen-bond acceptors (Lipinski definition) is 0. The molecule has 0 heterocycles. The smallest absolute Gasteiger partial charge is 1.00 e. The fraction of sp³-hybridized carbons (Fsp3) is 1.00. The van der Waals surface area contributed by atoms with Crippen molar-refractivity contribution in [2.75, 3.05) is 0 Å². The molecule has 0 N–H and O–H groups in total. The van der Waals surface area contributed by atoms with Crippen LogP contribution in [0, 0.1) is 0 Å². The molecule has 0 amide bonds. The zero-order valence-electron chi connectivity index (χ0n) is 5.00. The second-order valence-corrected chi connectivity index (χ2v) is 0. The molecule has 0 bridgehead atoms. The zero-order chi connectivity index (χ0) is 0. The van der Waals surface area contributed by atoms with Gasteiger partial charge >= 0.3 is 80.9 Å². The van der Waals surface area contributed by atoms with Gasteiger partial charge in [-0.05, 0) is 0 Å². The summed E-state index contributed by atoms with van der Waals surface area (Å²) >= 11 is 0. The van der Waals surface area contributed by atoms with Crippen LogP contribution in [0.4, 0.5) is 0 Å². The van der Waals surface area contributed by atoms with Crippen molar-refractivity contribution in [1.82, 2.24) is 0 Å². The van der Waals surface area contributed by atoms with Gasteiger partial charge in [-0.2, -0.15) is 0 Å². The maximum Gasteiger partial charge on any atom is 1.00 e. The van der Waals surface area contributed by atoms with Crippen LogP contribution < -0.4 is 80.9 Å². The van der Waals surface area contributed by atoms with E-state index in [1.165, 1.54) is 0 Å². The topological polar surface area (TPSA) is 0 Å². The van der Waals surface area contributed by atoms with Crippen LogP contribution in [0.5, 0.6) is 0 Å². The normalized spacial score (nSPS) is 0. The van der Waals surface area contributed by atoms with Crippen LogP contribution in [-0.4, -0.2) is 58.2 Å². The molecule has 0 aliphatic carbocycles. The first-order valence-electron chi connectivity index (χ1n) is 0. The third-order valence-corrected chi connectivity index (χ3v) is 0. The fourth-order valence-corrected chi connectivity index (χ4v) is 0. The second kappa shape index (κ2) is 15.7. The van der Waals surface area contributed by atoms with Crippen LogP contribution in [0.25, 0.3) is 0 Å². The maximum atomic E-state index is 0. The van der Waals surface area contributed by atoms with Crippen molar-refractivity contribution in [3.8, 4) is 0 Å². The van der Waals surface area contributed by atoms with E-state index in [0.717, 1.165) is 0 Å². The third-order valence-electron chi connectivity index (χ3n) is 0. The van der Waals surface area contributed by atoms with Gasteiger partial charge in [0.05, 0.1) is 0 Å². The molecular weight excluding hydrogens is 160 g/mol. The average molecular weight is 166 g/mol. The Kier molecular flexibility index (Phi) is 92.7. The standard InChI is InChI=1S/CH4.K.Na.Rb.2H/h1H4;;;;;/q;2*+1;;2*-1. The number of rotatable bonds is 0. The van der Waals surface area contributed by atoms with Crippen LogP contribution >= 0.6 is 0 Å². The first-order valence-corrected chi connectivity index (χ1v) is 0. The number of hydrogen-bond donors (Lipinski definition) is 0. The molecule has 0 spiro atoms. The first kappa shape index (κ1) is 23.7. The predicted octanol–water partition coefficient (Wildman–Crippen LogP) is -5.51. The van der Waals surface area contributed by atoms with Crippen LogP contribution in [-0.2, 0) is 0 Å². The summed E-state index contributed by atoms with van der Waals surface area (Å²) in [7, 11) is 0. The van der Waals surface area contributed by atoms with Crippen molar-refractivity contribution in [2.45, 2.75) is 7.43 Å². The van der Waals surface area contributed by atoms with Crippen LogP contribution in [0.1, 0.15) is 10.3 Å². The van der Waals surface area contributed by atoms with E-state index in [4.69, 9.17) is 0 Å². The molecule has 1 radical (unpaired) electrons. The van der Waals surface area contributed by atoms with Gasteiger partial charge in [-0.25, -0.2) is 0 Å². The average Bonchev–Trinajstić information content (AvgIpc) is 0. The van der Waals surface area contributed by atoms with Gasteiger partial charge in [0, 0.05) is 58.2 Å². The quantitative estimate of drug-likeness (QED) is 0.314. The molecule has 0 nitrogen and oxygen atoms in total. The Labute approximate surface area is 144 Å². The molecule has 0 atom stereocenters. The summed E-state index contributed by atoms with van der Waals surface area (Å²) in [5.41, 5.74) is 0. The van der Waals surface area contributed by atoms with E-state index >= 15 is 0 Å². The van der Waals surface area contributed by atoms with E-state index < -0.39 is 0 Å². The first-order chi connectivity index (χ1) is 0. The Morgan fingerprint density at radius 2 is 1.25 bits per heavy atom. The zero-order valence-corrected chi connectivity index (χ0v) is 13.0. The Hall–Kier alpha value is 4.44. The van der Waals surface area contributed by atoms with Crippen LogP contribution in [0.2, 0.25) is 0 Å². The molecule has 0 aliphatic heterocycles. The van der Waals surface area contributed by atoms with Crippen molar-refractivity contribution < 1.29 is 83.8 Å². The van der Waals surface area contributed by atoms with Crippen molar-refractivity contribution in [1.29, 1.82) is 0 Å². The van der Waals surface area contributed by atoms with Gasteiger partial charge in [0.1, 0.15) is 0 Å². The Balaban J connectivity index is 0. The fourth-order valence-electron chi connectivity index (χ4n) is 0. The summed E-state index contributed by atoms with van der Waals surface area (Å²) in [6, 6.07) is 0. The molecule has 0 saturated heterocycles. The van der Waals surface area contributed by atoms with Gasteiger partial charge in [0.2, 0.25) is 0 Å². The van der Waals surface area contributed by atoms with E-state index in [2.05, 4.69) is 0 Å². The maximum absolute atomic E-state index is 0. The van der Waals surface area contributed by atoms with Gasteiger partial charge < -0.3 is 2.85 Å². The molecule has 4 heavy (non-hydrogen) atoms. The van der Waals surface area contributed by atoms with E-state index in [-0.39, 0.29) is 149 Å². The molecule has 0 fully saturated rings.